The maximum Gasteiger partial charge on any atom is 0.0107 e. The minimum Gasteiger partial charge on any atom is -0.314 e. The SMILES string of the molecule is CCCNC1CCCC1CN1CCC(CC)C1. The predicted molar refractivity (Wildman–Crippen MR) is 74.3 cm³/mol. The van der Waals surface area contributed by atoms with E-state index in [1.807, 2.05) is 0 Å². The van der Waals surface area contributed by atoms with Crippen molar-refractivity contribution in [1.29, 1.82) is 0 Å². The van der Waals surface area contributed by atoms with Crippen LogP contribution in [0.1, 0.15) is 52.4 Å². The Kier molecular flexibility index (Phi) is 5.30. The first-order valence-corrected chi connectivity index (χ1v) is 7.79. The fraction of sp³-hybridized carbons (Fsp3) is 1.00. The highest BCUT2D eigenvalue weighted by Crippen LogP contribution is 2.29. The van der Waals surface area contributed by atoms with E-state index in [1.165, 1.54) is 64.7 Å². The standard InChI is InChI=1S/C15H30N2/c1-3-9-16-15-7-5-6-14(15)12-17-10-8-13(4-2)11-17/h13-16H,3-12H2,1-2H3. The molecule has 100 valence electrons. The molecule has 1 N–H and O–H groups in total. The lowest BCUT2D eigenvalue weighted by atomic mass is 10.0. The summed E-state index contributed by atoms with van der Waals surface area (Å²) in [6.45, 7) is 9.90. The maximum atomic E-state index is 3.75. The molecule has 1 saturated heterocycles. The van der Waals surface area contributed by atoms with Crippen LogP contribution in [0.15, 0.2) is 0 Å². The number of nitrogens with one attached hydrogen (secondary N) is 1. The molecule has 0 aromatic heterocycles. The minimum atomic E-state index is 0.815. The van der Waals surface area contributed by atoms with E-state index in [-0.39, 0.29) is 0 Å². The zero-order valence-corrected chi connectivity index (χ0v) is 11.8. The third kappa shape index (κ3) is 3.69. The van der Waals surface area contributed by atoms with Gasteiger partial charge in [-0.25, -0.2) is 0 Å². The van der Waals surface area contributed by atoms with Gasteiger partial charge in [-0.2, -0.15) is 0 Å². The van der Waals surface area contributed by atoms with E-state index in [9.17, 15) is 0 Å². The van der Waals surface area contributed by atoms with Crippen molar-refractivity contribution in [1.82, 2.24) is 10.2 Å². The second-order valence-electron chi connectivity index (χ2n) is 6.07. The predicted octanol–water partition coefficient (Wildman–Crippen LogP) is 2.89. The van der Waals surface area contributed by atoms with Crippen LogP contribution in [-0.2, 0) is 0 Å². The van der Waals surface area contributed by atoms with E-state index >= 15 is 0 Å². The molecular weight excluding hydrogens is 208 g/mol. The maximum absolute atomic E-state index is 3.75. The van der Waals surface area contributed by atoms with E-state index in [4.69, 9.17) is 0 Å². The van der Waals surface area contributed by atoms with Gasteiger partial charge in [-0.15, -0.1) is 0 Å². The summed E-state index contributed by atoms with van der Waals surface area (Å²) < 4.78 is 0. The third-order valence-corrected chi connectivity index (χ3v) is 4.76. The van der Waals surface area contributed by atoms with Gasteiger partial charge < -0.3 is 10.2 Å². The van der Waals surface area contributed by atoms with Gasteiger partial charge in [0.05, 0.1) is 0 Å². The Hall–Kier alpha value is -0.0800. The van der Waals surface area contributed by atoms with E-state index in [1.54, 1.807) is 0 Å². The first kappa shape index (κ1) is 13.4. The molecule has 0 aromatic carbocycles. The molecule has 1 saturated carbocycles. The monoisotopic (exact) mass is 238 g/mol. The molecule has 17 heavy (non-hydrogen) atoms. The number of hydrogen-bond donors (Lipinski definition) is 1. The van der Waals surface area contributed by atoms with Crippen LogP contribution in [0.5, 0.6) is 0 Å². The lowest BCUT2D eigenvalue weighted by molar-refractivity contribution is 0.244. The van der Waals surface area contributed by atoms with Crippen LogP contribution < -0.4 is 5.32 Å². The minimum absolute atomic E-state index is 0.815. The van der Waals surface area contributed by atoms with Crippen LogP contribution in [0.4, 0.5) is 0 Å². The first-order chi connectivity index (χ1) is 8.33. The van der Waals surface area contributed by atoms with Crippen LogP contribution in [-0.4, -0.2) is 37.1 Å². The molecule has 3 atom stereocenters. The van der Waals surface area contributed by atoms with Crippen molar-refractivity contribution in [2.45, 2.75) is 58.4 Å². The Morgan fingerprint density at radius 2 is 2.06 bits per heavy atom. The molecule has 0 aromatic rings. The van der Waals surface area contributed by atoms with Gasteiger partial charge in [0, 0.05) is 19.1 Å². The zero-order valence-electron chi connectivity index (χ0n) is 11.8. The van der Waals surface area contributed by atoms with Gasteiger partial charge in [-0.05, 0) is 50.6 Å². The molecule has 2 heteroatoms. The highest BCUT2D eigenvalue weighted by Gasteiger charge is 2.30. The van der Waals surface area contributed by atoms with Gasteiger partial charge >= 0.3 is 0 Å². The molecule has 1 heterocycles. The molecular formula is C15H30N2. The molecule has 3 unspecified atom stereocenters. The van der Waals surface area contributed by atoms with Crippen LogP contribution in [0, 0.1) is 11.8 Å². The third-order valence-electron chi connectivity index (χ3n) is 4.76. The molecule has 2 rings (SSSR count). The average Bonchev–Trinajstić information content (AvgIpc) is 2.96. The Labute approximate surface area is 107 Å². The van der Waals surface area contributed by atoms with Gasteiger partial charge in [-0.3, -0.25) is 0 Å². The van der Waals surface area contributed by atoms with Gasteiger partial charge in [0.1, 0.15) is 0 Å². The fourth-order valence-electron chi connectivity index (χ4n) is 3.60. The highest BCUT2D eigenvalue weighted by atomic mass is 15.2. The summed E-state index contributed by atoms with van der Waals surface area (Å²) in [5.41, 5.74) is 0. The summed E-state index contributed by atoms with van der Waals surface area (Å²) in [6, 6.07) is 0.815. The molecule has 1 aliphatic carbocycles. The van der Waals surface area contributed by atoms with Gasteiger partial charge in [-0.1, -0.05) is 26.7 Å². The fourth-order valence-corrected chi connectivity index (χ4v) is 3.60. The summed E-state index contributed by atoms with van der Waals surface area (Å²) in [5.74, 6) is 1.91. The molecule has 0 bridgehead atoms. The largest absolute Gasteiger partial charge is 0.314 e. The first-order valence-electron chi connectivity index (χ1n) is 7.79. The summed E-state index contributed by atoms with van der Waals surface area (Å²) in [6.07, 6.45) is 8.39. The summed E-state index contributed by atoms with van der Waals surface area (Å²) in [7, 11) is 0. The van der Waals surface area contributed by atoms with Crippen molar-refractivity contribution in [3.05, 3.63) is 0 Å². The normalized spacial score (nSPS) is 34.6. The number of nitrogens with zero attached hydrogens (tertiary/aromatic N) is 1. The lowest BCUT2D eigenvalue weighted by Gasteiger charge is -2.26. The molecule has 0 spiro atoms. The molecule has 2 nitrogen and oxygen atoms in total. The molecule has 1 aliphatic heterocycles. The molecule has 0 amide bonds. The van der Waals surface area contributed by atoms with Gasteiger partial charge in [0.2, 0.25) is 0 Å². The number of likely N-dealkylation sites (tertiary alicyclic amines) is 1. The van der Waals surface area contributed by atoms with Crippen molar-refractivity contribution in [2.24, 2.45) is 11.8 Å². The van der Waals surface area contributed by atoms with Crippen molar-refractivity contribution < 1.29 is 0 Å². The van der Waals surface area contributed by atoms with Crippen LogP contribution in [0.3, 0.4) is 0 Å². The van der Waals surface area contributed by atoms with Crippen molar-refractivity contribution in [3.63, 3.8) is 0 Å². The van der Waals surface area contributed by atoms with Crippen LogP contribution >= 0.6 is 0 Å². The van der Waals surface area contributed by atoms with Crippen LogP contribution in [0.25, 0.3) is 0 Å². The van der Waals surface area contributed by atoms with Crippen LogP contribution in [0.2, 0.25) is 0 Å². The average molecular weight is 238 g/mol. The lowest BCUT2D eigenvalue weighted by Crippen LogP contribution is -2.39. The van der Waals surface area contributed by atoms with Crippen molar-refractivity contribution in [2.75, 3.05) is 26.2 Å². The number of hydrogen-bond acceptors (Lipinski definition) is 2. The second-order valence-corrected chi connectivity index (χ2v) is 6.07. The van der Waals surface area contributed by atoms with E-state index in [0.717, 1.165) is 17.9 Å². The highest BCUT2D eigenvalue weighted by molar-refractivity contribution is 4.87. The van der Waals surface area contributed by atoms with Gasteiger partial charge in [0.15, 0.2) is 0 Å². The zero-order chi connectivity index (χ0) is 12.1. The quantitative estimate of drug-likeness (QED) is 0.765. The second kappa shape index (κ2) is 6.75. The summed E-state index contributed by atoms with van der Waals surface area (Å²) in [4.78, 5) is 2.73. The Morgan fingerprint density at radius 1 is 1.18 bits per heavy atom. The van der Waals surface area contributed by atoms with Crippen molar-refractivity contribution >= 4 is 0 Å². The number of rotatable bonds is 6. The Morgan fingerprint density at radius 3 is 2.76 bits per heavy atom. The topological polar surface area (TPSA) is 15.3 Å². The van der Waals surface area contributed by atoms with Crippen molar-refractivity contribution in [3.8, 4) is 0 Å². The summed E-state index contributed by atoms with van der Waals surface area (Å²) in [5, 5.41) is 3.75. The molecule has 2 fully saturated rings. The van der Waals surface area contributed by atoms with E-state index in [2.05, 4.69) is 24.1 Å². The summed E-state index contributed by atoms with van der Waals surface area (Å²) >= 11 is 0. The smallest absolute Gasteiger partial charge is 0.0107 e. The van der Waals surface area contributed by atoms with E-state index < -0.39 is 0 Å². The molecule has 2 aliphatic rings. The van der Waals surface area contributed by atoms with Gasteiger partial charge in [0.25, 0.3) is 0 Å². The Balaban J connectivity index is 1.74. The van der Waals surface area contributed by atoms with E-state index in [0.29, 0.717) is 0 Å². The Bertz CT molecular complexity index is 217. The molecule has 0 radical (unpaired) electrons.